The van der Waals surface area contributed by atoms with Crippen LogP contribution in [0.1, 0.15) is 22.8 Å². The average molecular weight is 353 g/mol. The van der Waals surface area contributed by atoms with Crippen LogP contribution >= 0.6 is 15.9 Å². The standard InChI is InChI=1S/C16H14BrFO3/c1-9-6-16(12(10(2)19)8-14(9)18)21-15-5-4-11(20-3)7-13(15)17/h4-8H,1-3H3. The fraction of sp³-hybridized carbons (Fsp3) is 0.188. The molecule has 0 heterocycles. The predicted molar refractivity (Wildman–Crippen MR) is 81.9 cm³/mol. The van der Waals surface area contributed by atoms with Gasteiger partial charge in [0.15, 0.2) is 5.78 Å². The van der Waals surface area contributed by atoms with Gasteiger partial charge in [0.05, 0.1) is 17.1 Å². The van der Waals surface area contributed by atoms with Gasteiger partial charge in [-0.3, -0.25) is 4.79 Å². The quantitative estimate of drug-likeness (QED) is 0.734. The molecular weight excluding hydrogens is 339 g/mol. The van der Waals surface area contributed by atoms with Gasteiger partial charge in [0.2, 0.25) is 0 Å². The van der Waals surface area contributed by atoms with Crippen molar-refractivity contribution in [1.82, 2.24) is 0 Å². The van der Waals surface area contributed by atoms with Crippen molar-refractivity contribution >= 4 is 21.7 Å². The summed E-state index contributed by atoms with van der Waals surface area (Å²) in [6, 6.07) is 7.92. The van der Waals surface area contributed by atoms with E-state index in [2.05, 4.69) is 15.9 Å². The molecule has 2 aromatic rings. The van der Waals surface area contributed by atoms with E-state index in [-0.39, 0.29) is 11.3 Å². The molecule has 0 fully saturated rings. The average Bonchev–Trinajstić information content (AvgIpc) is 2.44. The molecule has 0 saturated carbocycles. The zero-order chi connectivity index (χ0) is 15.6. The number of benzene rings is 2. The number of hydrogen-bond acceptors (Lipinski definition) is 3. The van der Waals surface area contributed by atoms with Crippen LogP contribution in [0, 0.1) is 12.7 Å². The minimum Gasteiger partial charge on any atom is -0.497 e. The lowest BCUT2D eigenvalue weighted by Crippen LogP contribution is -2.00. The van der Waals surface area contributed by atoms with Crippen molar-refractivity contribution in [3.05, 3.63) is 51.7 Å². The monoisotopic (exact) mass is 352 g/mol. The van der Waals surface area contributed by atoms with Gasteiger partial charge in [-0.1, -0.05) is 0 Å². The summed E-state index contributed by atoms with van der Waals surface area (Å²) < 4.78 is 25.1. The summed E-state index contributed by atoms with van der Waals surface area (Å²) in [6.45, 7) is 3.00. The smallest absolute Gasteiger partial charge is 0.163 e. The van der Waals surface area contributed by atoms with Crippen LogP contribution in [0.5, 0.6) is 17.2 Å². The van der Waals surface area contributed by atoms with E-state index in [0.717, 1.165) is 0 Å². The van der Waals surface area contributed by atoms with Crippen molar-refractivity contribution in [2.24, 2.45) is 0 Å². The summed E-state index contributed by atoms with van der Waals surface area (Å²) in [5.41, 5.74) is 0.625. The first kappa shape index (κ1) is 15.5. The van der Waals surface area contributed by atoms with E-state index in [9.17, 15) is 9.18 Å². The Labute approximate surface area is 130 Å². The Morgan fingerprint density at radius 2 is 1.90 bits per heavy atom. The number of rotatable bonds is 4. The van der Waals surface area contributed by atoms with Crippen molar-refractivity contribution in [3.8, 4) is 17.2 Å². The van der Waals surface area contributed by atoms with Crippen LogP contribution in [-0.4, -0.2) is 12.9 Å². The lowest BCUT2D eigenvalue weighted by Gasteiger charge is -2.13. The number of methoxy groups -OCH3 is 1. The second-order valence-electron chi connectivity index (χ2n) is 4.55. The van der Waals surface area contributed by atoms with Crippen LogP contribution in [-0.2, 0) is 0 Å². The number of ketones is 1. The first-order chi connectivity index (χ1) is 9.92. The summed E-state index contributed by atoms with van der Waals surface area (Å²) in [6.07, 6.45) is 0. The molecule has 0 spiro atoms. The van der Waals surface area contributed by atoms with E-state index in [1.54, 1.807) is 32.2 Å². The van der Waals surface area contributed by atoms with Crippen molar-refractivity contribution in [2.75, 3.05) is 7.11 Å². The molecule has 0 bridgehead atoms. The molecule has 0 atom stereocenters. The maximum atomic E-state index is 13.6. The molecule has 3 nitrogen and oxygen atoms in total. The van der Waals surface area contributed by atoms with E-state index in [1.165, 1.54) is 19.1 Å². The highest BCUT2D eigenvalue weighted by atomic mass is 79.9. The van der Waals surface area contributed by atoms with Gasteiger partial charge in [-0.15, -0.1) is 0 Å². The Bertz CT molecular complexity index is 698. The molecule has 0 amide bonds. The number of Topliss-reactive ketones (excluding diaryl/α,β-unsaturated/α-hetero) is 1. The van der Waals surface area contributed by atoms with Crippen LogP contribution in [0.15, 0.2) is 34.8 Å². The van der Waals surface area contributed by atoms with Gasteiger partial charge in [-0.05, 0) is 65.7 Å². The van der Waals surface area contributed by atoms with Crippen LogP contribution in [0.4, 0.5) is 4.39 Å². The topological polar surface area (TPSA) is 35.5 Å². The molecule has 0 unspecified atom stereocenters. The Morgan fingerprint density at radius 3 is 2.48 bits per heavy atom. The molecule has 0 saturated heterocycles. The summed E-state index contributed by atoms with van der Waals surface area (Å²) in [4.78, 5) is 11.6. The van der Waals surface area contributed by atoms with Gasteiger partial charge >= 0.3 is 0 Å². The number of aryl methyl sites for hydroxylation is 1. The van der Waals surface area contributed by atoms with E-state index in [4.69, 9.17) is 9.47 Å². The lowest BCUT2D eigenvalue weighted by atomic mass is 10.1. The molecule has 0 N–H and O–H groups in total. The van der Waals surface area contributed by atoms with E-state index < -0.39 is 5.82 Å². The number of hydrogen-bond donors (Lipinski definition) is 0. The Kier molecular flexibility index (Phi) is 4.63. The summed E-state index contributed by atoms with van der Waals surface area (Å²) >= 11 is 3.38. The first-order valence-electron chi connectivity index (χ1n) is 6.25. The molecule has 0 aliphatic rings. The Balaban J connectivity index is 2.43. The number of carbonyl (C=O) groups is 1. The van der Waals surface area contributed by atoms with Gasteiger partial charge in [-0.2, -0.15) is 0 Å². The molecule has 110 valence electrons. The van der Waals surface area contributed by atoms with Crippen LogP contribution < -0.4 is 9.47 Å². The van der Waals surface area contributed by atoms with Crippen LogP contribution in [0.3, 0.4) is 0 Å². The maximum Gasteiger partial charge on any atom is 0.163 e. The number of ether oxygens (including phenoxy) is 2. The van der Waals surface area contributed by atoms with Gasteiger partial charge < -0.3 is 9.47 Å². The zero-order valence-corrected chi connectivity index (χ0v) is 13.5. The third kappa shape index (κ3) is 3.42. The van der Waals surface area contributed by atoms with Gasteiger partial charge in [0.1, 0.15) is 23.1 Å². The number of carbonyl (C=O) groups excluding carboxylic acids is 1. The lowest BCUT2D eigenvalue weighted by molar-refractivity contribution is 0.101. The highest BCUT2D eigenvalue weighted by Gasteiger charge is 2.14. The fourth-order valence-corrected chi connectivity index (χ4v) is 2.26. The largest absolute Gasteiger partial charge is 0.497 e. The second kappa shape index (κ2) is 6.26. The minimum atomic E-state index is -0.429. The molecule has 0 aliphatic heterocycles. The SMILES string of the molecule is COc1ccc(Oc2cc(C)c(F)cc2C(C)=O)c(Br)c1. The maximum absolute atomic E-state index is 13.6. The predicted octanol–water partition coefficient (Wildman–Crippen LogP) is 4.90. The third-order valence-corrected chi connectivity index (χ3v) is 3.62. The zero-order valence-electron chi connectivity index (χ0n) is 11.9. The minimum absolute atomic E-state index is 0.209. The van der Waals surface area contributed by atoms with Crippen LogP contribution in [0.25, 0.3) is 0 Å². The van der Waals surface area contributed by atoms with Crippen molar-refractivity contribution in [2.45, 2.75) is 13.8 Å². The first-order valence-corrected chi connectivity index (χ1v) is 7.04. The summed E-state index contributed by atoms with van der Waals surface area (Å²) in [7, 11) is 1.57. The third-order valence-electron chi connectivity index (χ3n) is 3.00. The van der Waals surface area contributed by atoms with Gasteiger partial charge in [0, 0.05) is 0 Å². The van der Waals surface area contributed by atoms with E-state index in [0.29, 0.717) is 27.3 Å². The highest BCUT2D eigenvalue weighted by Crippen LogP contribution is 2.35. The fourth-order valence-electron chi connectivity index (χ4n) is 1.82. The highest BCUT2D eigenvalue weighted by molar-refractivity contribution is 9.10. The second-order valence-corrected chi connectivity index (χ2v) is 5.41. The number of halogens is 2. The summed E-state index contributed by atoms with van der Waals surface area (Å²) in [5, 5.41) is 0. The normalized spacial score (nSPS) is 10.3. The molecule has 0 aliphatic carbocycles. The van der Waals surface area contributed by atoms with E-state index >= 15 is 0 Å². The Hall–Kier alpha value is -1.88. The van der Waals surface area contributed by atoms with E-state index in [1.807, 2.05) is 0 Å². The molecule has 21 heavy (non-hydrogen) atoms. The summed E-state index contributed by atoms with van der Waals surface area (Å²) in [5.74, 6) is 0.836. The van der Waals surface area contributed by atoms with Crippen molar-refractivity contribution in [3.63, 3.8) is 0 Å². The van der Waals surface area contributed by atoms with Gasteiger partial charge in [-0.25, -0.2) is 4.39 Å². The molecule has 2 aromatic carbocycles. The van der Waals surface area contributed by atoms with Crippen molar-refractivity contribution in [1.29, 1.82) is 0 Å². The molecule has 2 rings (SSSR count). The van der Waals surface area contributed by atoms with Crippen LogP contribution in [0.2, 0.25) is 0 Å². The molecule has 0 aromatic heterocycles. The molecule has 5 heteroatoms. The van der Waals surface area contributed by atoms with Gasteiger partial charge in [0.25, 0.3) is 0 Å². The molecular formula is C16H14BrFO3. The van der Waals surface area contributed by atoms with Crippen molar-refractivity contribution < 1.29 is 18.7 Å². The Morgan fingerprint density at radius 1 is 1.19 bits per heavy atom. The molecule has 0 radical (unpaired) electrons.